The van der Waals surface area contributed by atoms with E-state index < -0.39 is 11.4 Å². The molecule has 0 saturated carbocycles. The molecule has 0 bridgehead atoms. The molecule has 1 atom stereocenters. The highest BCUT2D eigenvalue weighted by Gasteiger charge is 2.27. The minimum absolute atomic E-state index is 0.342. The molecular formula is C13H19BrN2OS. The molecule has 0 radical (unpaired) electrons. The smallest absolute Gasteiger partial charge is 0.144 e. The van der Waals surface area contributed by atoms with Crippen LogP contribution in [0.5, 0.6) is 0 Å². The summed E-state index contributed by atoms with van der Waals surface area (Å²) in [6, 6.07) is 5.69. The highest BCUT2D eigenvalue weighted by Crippen LogP contribution is 2.19. The van der Waals surface area contributed by atoms with E-state index in [1.807, 2.05) is 39.0 Å². The van der Waals surface area contributed by atoms with Gasteiger partial charge in [-0.1, -0.05) is 23.8 Å². The van der Waals surface area contributed by atoms with Crippen LogP contribution in [0.25, 0.3) is 0 Å². The predicted molar refractivity (Wildman–Crippen MR) is 81.3 cm³/mol. The summed E-state index contributed by atoms with van der Waals surface area (Å²) < 4.78 is 16.9. The average Bonchev–Trinajstić information content (AvgIpc) is 2.27. The molecule has 1 heterocycles. The van der Waals surface area contributed by atoms with Gasteiger partial charge in [0.1, 0.15) is 26.4 Å². The van der Waals surface area contributed by atoms with E-state index in [1.165, 1.54) is 0 Å². The van der Waals surface area contributed by atoms with E-state index in [0.717, 1.165) is 28.9 Å². The molecule has 0 amide bonds. The molecule has 0 spiro atoms. The number of hydrogen-bond acceptors (Lipinski definition) is 3. The first-order chi connectivity index (χ1) is 8.34. The van der Waals surface area contributed by atoms with Crippen molar-refractivity contribution < 1.29 is 4.55 Å². The third kappa shape index (κ3) is 4.71. The van der Waals surface area contributed by atoms with Gasteiger partial charge in [0.05, 0.1) is 5.69 Å². The van der Waals surface area contributed by atoms with Gasteiger partial charge in [0.25, 0.3) is 0 Å². The third-order valence-corrected chi connectivity index (χ3v) is 4.09. The molecule has 0 N–H and O–H groups in total. The number of aromatic nitrogens is 1. The first-order valence-corrected chi connectivity index (χ1v) is 7.87. The minimum atomic E-state index is -1.24. The number of rotatable bonds is 4. The lowest BCUT2D eigenvalue weighted by molar-refractivity contribution is 0.561. The predicted octanol–water partition coefficient (Wildman–Crippen LogP) is 3.90. The van der Waals surface area contributed by atoms with Gasteiger partial charge in [-0.05, 0) is 55.3 Å². The fourth-order valence-corrected chi connectivity index (χ4v) is 2.27. The SMILES string of the molecule is CCC/C(=N\[S@+]([O-])C(C)(C)C)c1cccc(Br)n1. The summed E-state index contributed by atoms with van der Waals surface area (Å²) in [5.74, 6) is 0. The van der Waals surface area contributed by atoms with E-state index in [0.29, 0.717) is 0 Å². The third-order valence-electron chi connectivity index (χ3n) is 2.21. The Bertz CT molecular complexity index is 429. The van der Waals surface area contributed by atoms with Gasteiger partial charge in [-0.3, -0.25) is 0 Å². The molecule has 0 unspecified atom stereocenters. The lowest BCUT2D eigenvalue weighted by atomic mass is 10.1. The normalized spacial score (nSPS) is 14.7. The maximum absolute atomic E-state index is 12.1. The molecule has 3 nitrogen and oxygen atoms in total. The standard InChI is InChI=1S/C13H19BrN2OS/c1-5-7-11(16-18(17)13(2,3)4)10-8-6-9-12(14)15-10/h6,8-9H,5,7H2,1-4H3/b16-11+/t18-/m1/s1. The van der Waals surface area contributed by atoms with Crippen molar-refractivity contribution in [2.75, 3.05) is 0 Å². The Morgan fingerprint density at radius 3 is 2.61 bits per heavy atom. The second kappa shape index (κ2) is 6.68. The molecule has 18 heavy (non-hydrogen) atoms. The van der Waals surface area contributed by atoms with Crippen LogP contribution < -0.4 is 0 Å². The Morgan fingerprint density at radius 1 is 1.44 bits per heavy atom. The summed E-state index contributed by atoms with van der Waals surface area (Å²) in [5.41, 5.74) is 1.61. The highest BCUT2D eigenvalue weighted by atomic mass is 79.9. The van der Waals surface area contributed by atoms with Crippen LogP contribution >= 0.6 is 15.9 Å². The molecule has 0 saturated heterocycles. The van der Waals surface area contributed by atoms with Crippen molar-refractivity contribution in [2.45, 2.75) is 45.3 Å². The Morgan fingerprint density at radius 2 is 2.11 bits per heavy atom. The zero-order valence-corrected chi connectivity index (χ0v) is 13.6. The molecule has 1 rings (SSSR count). The summed E-state index contributed by atoms with van der Waals surface area (Å²) in [5, 5.41) is 0. The molecular weight excluding hydrogens is 312 g/mol. The fraction of sp³-hybridized carbons (Fsp3) is 0.538. The summed E-state index contributed by atoms with van der Waals surface area (Å²) in [7, 11) is 0. The van der Waals surface area contributed by atoms with Crippen LogP contribution in [0, 0.1) is 0 Å². The number of halogens is 1. The topological polar surface area (TPSA) is 48.3 Å². The first kappa shape index (κ1) is 15.7. The molecule has 0 aliphatic rings. The lowest BCUT2D eigenvalue weighted by Crippen LogP contribution is -2.27. The molecule has 0 aromatic carbocycles. The summed E-state index contributed by atoms with van der Waals surface area (Å²) in [6.07, 6.45) is 1.74. The zero-order chi connectivity index (χ0) is 13.8. The molecule has 100 valence electrons. The maximum Gasteiger partial charge on any atom is 0.144 e. The molecule has 0 aliphatic carbocycles. The molecule has 0 fully saturated rings. The van der Waals surface area contributed by atoms with E-state index in [4.69, 9.17) is 0 Å². The van der Waals surface area contributed by atoms with Crippen LogP contribution in [0.4, 0.5) is 0 Å². The maximum atomic E-state index is 12.1. The van der Waals surface area contributed by atoms with E-state index >= 15 is 0 Å². The second-order valence-electron chi connectivity index (χ2n) is 5.00. The van der Waals surface area contributed by atoms with Gasteiger partial charge in [0.15, 0.2) is 0 Å². The summed E-state index contributed by atoms with van der Waals surface area (Å²) >= 11 is 2.10. The van der Waals surface area contributed by atoms with Crippen LogP contribution in [-0.2, 0) is 11.4 Å². The monoisotopic (exact) mass is 330 g/mol. The van der Waals surface area contributed by atoms with E-state index in [-0.39, 0.29) is 4.75 Å². The summed E-state index contributed by atoms with van der Waals surface area (Å²) in [4.78, 5) is 4.38. The van der Waals surface area contributed by atoms with Crippen molar-refractivity contribution >= 4 is 33.0 Å². The summed E-state index contributed by atoms with van der Waals surface area (Å²) in [6.45, 7) is 7.84. The van der Waals surface area contributed by atoms with Crippen molar-refractivity contribution in [1.29, 1.82) is 0 Å². The van der Waals surface area contributed by atoms with Crippen molar-refractivity contribution in [3.8, 4) is 0 Å². The lowest BCUT2D eigenvalue weighted by Gasteiger charge is -2.19. The van der Waals surface area contributed by atoms with Crippen LogP contribution in [0.2, 0.25) is 0 Å². The van der Waals surface area contributed by atoms with Crippen LogP contribution in [0.3, 0.4) is 0 Å². The Kier molecular flexibility index (Phi) is 5.82. The second-order valence-corrected chi connectivity index (χ2v) is 7.71. The molecule has 5 heteroatoms. The largest absolute Gasteiger partial charge is 0.591 e. The zero-order valence-electron chi connectivity index (χ0n) is 11.2. The van der Waals surface area contributed by atoms with Gasteiger partial charge < -0.3 is 4.55 Å². The van der Waals surface area contributed by atoms with Gasteiger partial charge >= 0.3 is 0 Å². The van der Waals surface area contributed by atoms with Crippen molar-refractivity contribution in [1.82, 2.24) is 4.98 Å². The van der Waals surface area contributed by atoms with Crippen LogP contribution in [-0.4, -0.2) is 20.0 Å². The van der Waals surface area contributed by atoms with E-state index in [1.54, 1.807) is 0 Å². The Balaban J connectivity index is 3.06. The van der Waals surface area contributed by atoms with Crippen molar-refractivity contribution in [3.05, 3.63) is 28.5 Å². The van der Waals surface area contributed by atoms with Crippen molar-refractivity contribution in [3.63, 3.8) is 0 Å². The molecule has 1 aromatic rings. The molecule has 1 aromatic heterocycles. The van der Waals surface area contributed by atoms with Crippen LogP contribution in [0.1, 0.15) is 46.2 Å². The minimum Gasteiger partial charge on any atom is -0.591 e. The average molecular weight is 331 g/mol. The highest BCUT2D eigenvalue weighted by molar-refractivity contribution is 9.10. The number of pyridine rings is 1. The van der Waals surface area contributed by atoms with Gasteiger partial charge in [-0.2, -0.15) is 0 Å². The Hall–Kier alpha value is -0.390. The van der Waals surface area contributed by atoms with Gasteiger partial charge in [-0.15, -0.1) is 0 Å². The van der Waals surface area contributed by atoms with Crippen molar-refractivity contribution in [2.24, 2.45) is 4.40 Å². The fourth-order valence-electron chi connectivity index (χ4n) is 1.26. The molecule has 0 aliphatic heterocycles. The van der Waals surface area contributed by atoms with Gasteiger partial charge in [0, 0.05) is 0 Å². The van der Waals surface area contributed by atoms with E-state index in [2.05, 4.69) is 32.2 Å². The quantitative estimate of drug-likeness (QED) is 0.477. The van der Waals surface area contributed by atoms with Gasteiger partial charge in [0.2, 0.25) is 0 Å². The van der Waals surface area contributed by atoms with Gasteiger partial charge in [-0.25, -0.2) is 4.98 Å². The number of nitrogens with zero attached hydrogens (tertiary/aromatic N) is 2. The first-order valence-electron chi connectivity index (χ1n) is 5.97. The number of hydrogen-bond donors (Lipinski definition) is 0. The van der Waals surface area contributed by atoms with Crippen LogP contribution in [0.15, 0.2) is 27.2 Å². The Labute approximate surface area is 121 Å². The van der Waals surface area contributed by atoms with E-state index in [9.17, 15) is 4.55 Å².